The van der Waals surface area contributed by atoms with E-state index < -0.39 is 0 Å². The number of benzene rings is 1. The second kappa shape index (κ2) is 5.72. The monoisotopic (exact) mass is 261 g/mol. The van der Waals surface area contributed by atoms with Gasteiger partial charge < -0.3 is 9.47 Å². The van der Waals surface area contributed by atoms with E-state index in [0.717, 1.165) is 56.8 Å². The molecule has 19 heavy (non-hydrogen) atoms. The number of fused-ring (bicyclic) bond motifs is 1. The third-order valence-electron chi connectivity index (χ3n) is 3.82. The number of morpholine rings is 1. The summed E-state index contributed by atoms with van der Waals surface area (Å²) in [6, 6.07) is 7.70. The summed E-state index contributed by atoms with van der Waals surface area (Å²) in [5.41, 5.74) is 1.79. The Bertz CT molecular complexity index is 454. The number of hydrogen-bond acceptors (Lipinski definition) is 4. The first-order valence-electron chi connectivity index (χ1n) is 6.94. The van der Waals surface area contributed by atoms with Crippen molar-refractivity contribution < 1.29 is 14.3 Å². The minimum atomic E-state index is -0.174. The molecule has 4 nitrogen and oxygen atoms in total. The van der Waals surface area contributed by atoms with Gasteiger partial charge in [0, 0.05) is 18.7 Å². The van der Waals surface area contributed by atoms with E-state index in [1.165, 1.54) is 0 Å². The molecule has 1 fully saturated rings. The van der Waals surface area contributed by atoms with Crippen molar-refractivity contribution in [1.29, 1.82) is 0 Å². The van der Waals surface area contributed by atoms with E-state index in [-0.39, 0.29) is 12.1 Å². The van der Waals surface area contributed by atoms with Crippen LogP contribution in [-0.2, 0) is 9.47 Å². The lowest BCUT2D eigenvalue weighted by atomic mass is 10.0. The van der Waals surface area contributed by atoms with Crippen LogP contribution in [0.4, 0.5) is 0 Å². The van der Waals surface area contributed by atoms with Crippen molar-refractivity contribution in [2.45, 2.75) is 18.9 Å². The molecule has 0 N–H and O–H groups in total. The third-order valence-corrected chi connectivity index (χ3v) is 3.82. The zero-order chi connectivity index (χ0) is 13.1. The zero-order valence-electron chi connectivity index (χ0n) is 11.0. The maximum absolute atomic E-state index is 11.7. The Morgan fingerprint density at radius 3 is 2.84 bits per heavy atom. The molecule has 1 aromatic rings. The van der Waals surface area contributed by atoms with Gasteiger partial charge in [0.15, 0.2) is 0 Å². The van der Waals surface area contributed by atoms with Crippen LogP contribution in [-0.4, -0.2) is 43.7 Å². The predicted octanol–water partition coefficient (Wildman–Crippen LogP) is 2.01. The second-order valence-corrected chi connectivity index (χ2v) is 5.08. The molecule has 1 unspecified atom stereocenters. The fourth-order valence-corrected chi connectivity index (χ4v) is 2.76. The Morgan fingerprint density at radius 2 is 2.00 bits per heavy atom. The van der Waals surface area contributed by atoms with Crippen LogP contribution in [0.25, 0.3) is 0 Å². The van der Waals surface area contributed by atoms with Gasteiger partial charge in [-0.15, -0.1) is 0 Å². The summed E-state index contributed by atoms with van der Waals surface area (Å²) in [6.07, 6.45) is 1.90. The number of hydrogen-bond donors (Lipinski definition) is 0. The van der Waals surface area contributed by atoms with E-state index in [1.54, 1.807) is 0 Å². The molecule has 0 radical (unpaired) electrons. The summed E-state index contributed by atoms with van der Waals surface area (Å²) >= 11 is 0. The molecule has 3 rings (SSSR count). The van der Waals surface area contributed by atoms with E-state index >= 15 is 0 Å². The lowest BCUT2D eigenvalue weighted by Crippen LogP contribution is -2.36. The Labute approximate surface area is 113 Å². The summed E-state index contributed by atoms with van der Waals surface area (Å²) in [6.45, 7) is 4.75. The van der Waals surface area contributed by atoms with Gasteiger partial charge in [-0.05, 0) is 25.5 Å². The summed E-state index contributed by atoms with van der Waals surface area (Å²) in [7, 11) is 0. The summed E-state index contributed by atoms with van der Waals surface area (Å²) in [4.78, 5) is 14.1. The Kier molecular flexibility index (Phi) is 3.80. The molecule has 0 amide bonds. The Hall–Kier alpha value is -1.39. The van der Waals surface area contributed by atoms with Crippen LogP contribution in [0.3, 0.4) is 0 Å². The van der Waals surface area contributed by atoms with E-state index in [2.05, 4.69) is 4.90 Å². The fourth-order valence-electron chi connectivity index (χ4n) is 2.76. The summed E-state index contributed by atoms with van der Waals surface area (Å²) < 4.78 is 10.8. The van der Waals surface area contributed by atoms with Crippen LogP contribution in [0.1, 0.15) is 34.9 Å². The topological polar surface area (TPSA) is 38.8 Å². The highest BCUT2D eigenvalue weighted by molar-refractivity contribution is 5.93. The van der Waals surface area contributed by atoms with Crippen molar-refractivity contribution in [3.8, 4) is 0 Å². The number of carbonyl (C=O) groups excluding carboxylic acids is 1. The maximum Gasteiger partial charge on any atom is 0.339 e. The SMILES string of the molecule is O=C1OC(CCCN2CCOCC2)c2ccccc21. The first kappa shape index (κ1) is 12.6. The van der Waals surface area contributed by atoms with Gasteiger partial charge in [0.2, 0.25) is 0 Å². The largest absolute Gasteiger partial charge is 0.454 e. The van der Waals surface area contributed by atoms with Gasteiger partial charge in [0.05, 0.1) is 18.8 Å². The highest BCUT2D eigenvalue weighted by atomic mass is 16.5. The van der Waals surface area contributed by atoms with Gasteiger partial charge in [0.1, 0.15) is 6.10 Å². The minimum absolute atomic E-state index is 0.0512. The average molecular weight is 261 g/mol. The van der Waals surface area contributed by atoms with Crippen molar-refractivity contribution >= 4 is 5.97 Å². The standard InChI is InChI=1S/C15H19NO3/c17-15-13-5-2-1-4-12(13)14(19-15)6-3-7-16-8-10-18-11-9-16/h1-2,4-5,14H,3,6-11H2. The van der Waals surface area contributed by atoms with Gasteiger partial charge in [0.25, 0.3) is 0 Å². The van der Waals surface area contributed by atoms with Crippen molar-refractivity contribution in [3.05, 3.63) is 35.4 Å². The predicted molar refractivity (Wildman–Crippen MR) is 71.1 cm³/mol. The lowest BCUT2D eigenvalue weighted by Gasteiger charge is -2.26. The molecule has 0 saturated carbocycles. The van der Waals surface area contributed by atoms with Crippen LogP contribution >= 0.6 is 0 Å². The minimum Gasteiger partial charge on any atom is -0.454 e. The summed E-state index contributed by atoms with van der Waals surface area (Å²) in [5, 5.41) is 0. The van der Waals surface area contributed by atoms with Crippen molar-refractivity contribution in [2.24, 2.45) is 0 Å². The molecule has 0 aromatic heterocycles. The average Bonchev–Trinajstić information content (AvgIpc) is 2.78. The smallest absolute Gasteiger partial charge is 0.339 e. The van der Waals surface area contributed by atoms with E-state index in [4.69, 9.17) is 9.47 Å². The van der Waals surface area contributed by atoms with Crippen LogP contribution in [0, 0.1) is 0 Å². The molecule has 0 aliphatic carbocycles. The van der Waals surface area contributed by atoms with Gasteiger partial charge in [-0.3, -0.25) is 4.90 Å². The number of nitrogens with zero attached hydrogens (tertiary/aromatic N) is 1. The van der Waals surface area contributed by atoms with Crippen molar-refractivity contribution in [2.75, 3.05) is 32.8 Å². The van der Waals surface area contributed by atoms with Crippen molar-refractivity contribution in [3.63, 3.8) is 0 Å². The van der Waals surface area contributed by atoms with E-state index in [1.807, 2.05) is 24.3 Å². The number of ether oxygens (including phenoxy) is 2. The van der Waals surface area contributed by atoms with Gasteiger partial charge in [-0.25, -0.2) is 4.79 Å². The fraction of sp³-hybridized carbons (Fsp3) is 0.533. The molecule has 0 bridgehead atoms. The Morgan fingerprint density at radius 1 is 1.21 bits per heavy atom. The first-order valence-corrected chi connectivity index (χ1v) is 6.94. The molecule has 102 valence electrons. The zero-order valence-corrected chi connectivity index (χ0v) is 11.0. The normalized spacial score (nSPS) is 23.2. The molecule has 0 spiro atoms. The van der Waals surface area contributed by atoms with Gasteiger partial charge in [-0.1, -0.05) is 18.2 Å². The molecule has 1 aromatic carbocycles. The number of carbonyl (C=O) groups is 1. The number of rotatable bonds is 4. The molecule has 1 atom stereocenters. The molecule has 2 aliphatic rings. The first-order chi connectivity index (χ1) is 9.34. The van der Waals surface area contributed by atoms with Crippen LogP contribution in [0.2, 0.25) is 0 Å². The molecular formula is C15H19NO3. The molecule has 2 aliphatic heterocycles. The number of cyclic esters (lactones) is 1. The Balaban J connectivity index is 1.52. The van der Waals surface area contributed by atoms with Crippen molar-refractivity contribution in [1.82, 2.24) is 4.90 Å². The quantitative estimate of drug-likeness (QED) is 0.777. The van der Waals surface area contributed by atoms with E-state index in [0.29, 0.717) is 0 Å². The number of esters is 1. The van der Waals surface area contributed by atoms with E-state index in [9.17, 15) is 4.79 Å². The molecule has 2 heterocycles. The highest BCUT2D eigenvalue weighted by Gasteiger charge is 2.29. The van der Waals surface area contributed by atoms with Gasteiger partial charge >= 0.3 is 5.97 Å². The highest BCUT2D eigenvalue weighted by Crippen LogP contribution is 2.33. The maximum atomic E-state index is 11.7. The van der Waals surface area contributed by atoms with Gasteiger partial charge in [-0.2, -0.15) is 0 Å². The summed E-state index contributed by atoms with van der Waals surface area (Å²) in [5.74, 6) is -0.174. The second-order valence-electron chi connectivity index (χ2n) is 5.08. The lowest BCUT2D eigenvalue weighted by molar-refractivity contribution is 0.0281. The molecule has 1 saturated heterocycles. The van der Waals surface area contributed by atoms with Crippen LogP contribution < -0.4 is 0 Å². The van der Waals surface area contributed by atoms with Crippen LogP contribution in [0.5, 0.6) is 0 Å². The molecule has 4 heteroatoms. The third kappa shape index (κ3) is 2.80. The van der Waals surface area contributed by atoms with Crippen LogP contribution in [0.15, 0.2) is 24.3 Å². The molecular weight excluding hydrogens is 242 g/mol.